The molecule has 0 aliphatic rings. The number of ether oxygens (including phenoxy) is 1. The maximum atomic E-state index is 12.1. The van der Waals surface area contributed by atoms with E-state index in [2.05, 4.69) is 10.3 Å². The zero-order valence-corrected chi connectivity index (χ0v) is 13.1. The minimum absolute atomic E-state index is 0.118. The highest BCUT2D eigenvalue weighted by Crippen LogP contribution is 2.33. The lowest BCUT2D eigenvalue weighted by atomic mass is 10.1. The number of nitrogens with one attached hydrogen (secondary N) is 1. The number of amides is 1. The van der Waals surface area contributed by atoms with E-state index in [0.717, 1.165) is 6.54 Å². The minimum atomic E-state index is -0.281. The molecule has 0 aromatic heterocycles. The third-order valence-electron chi connectivity index (χ3n) is 2.61. The van der Waals surface area contributed by atoms with Gasteiger partial charge in [-0.2, -0.15) is 0 Å². The second kappa shape index (κ2) is 7.70. The van der Waals surface area contributed by atoms with Crippen molar-refractivity contribution in [1.82, 2.24) is 10.2 Å². The number of benzene rings is 1. The lowest BCUT2D eigenvalue weighted by Gasteiger charge is -2.12. The van der Waals surface area contributed by atoms with Gasteiger partial charge in [-0.25, -0.2) is 4.99 Å². The number of nitrogens with two attached hydrogens (primary N) is 2. The lowest BCUT2D eigenvalue weighted by Crippen LogP contribution is -2.31. The lowest BCUT2D eigenvalue weighted by molar-refractivity contribution is 0.0951. The average molecular weight is 314 g/mol. The Balaban J connectivity index is 2.98. The molecule has 0 atom stereocenters. The van der Waals surface area contributed by atoms with Gasteiger partial charge in [0.25, 0.3) is 5.91 Å². The van der Waals surface area contributed by atoms with Crippen LogP contribution in [-0.4, -0.2) is 51.1 Å². The normalized spacial score (nSPS) is 10.3. The number of hydrogen-bond donors (Lipinski definition) is 3. The Kier molecular flexibility index (Phi) is 6.26. The first kappa shape index (κ1) is 17.1. The molecule has 116 valence electrons. The summed E-state index contributed by atoms with van der Waals surface area (Å²) in [5.74, 6) is -0.0329. The number of nitrogens with zero attached hydrogens (tertiary/aromatic N) is 2. The van der Waals surface area contributed by atoms with Crippen molar-refractivity contribution in [1.29, 1.82) is 0 Å². The number of carbonyl (C=O) groups excluding carboxylic acids is 1. The summed E-state index contributed by atoms with van der Waals surface area (Å²) in [6.45, 7) is 1.24. The number of aliphatic imine (C=N–C) groups is 1. The molecule has 7 nitrogen and oxygen atoms in total. The van der Waals surface area contributed by atoms with Crippen LogP contribution in [-0.2, 0) is 0 Å². The molecule has 0 heterocycles. The number of hydrogen-bond acceptors (Lipinski definition) is 4. The molecule has 1 rings (SSSR count). The van der Waals surface area contributed by atoms with Crippen molar-refractivity contribution in [2.75, 3.05) is 34.3 Å². The second-order valence-corrected chi connectivity index (χ2v) is 5.01. The van der Waals surface area contributed by atoms with E-state index in [4.69, 9.17) is 27.8 Å². The van der Waals surface area contributed by atoms with E-state index in [9.17, 15) is 4.79 Å². The van der Waals surface area contributed by atoms with Gasteiger partial charge in [-0.1, -0.05) is 11.6 Å². The summed E-state index contributed by atoms with van der Waals surface area (Å²) in [7, 11) is 5.31. The highest BCUT2D eigenvalue weighted by atomic mass is 35.5. The van der Waals surface area contributed by atoms with Gasteiger partial charge in [0.15, 0.2) is 5.96 Å². The van der Waals surface area contributed by atoms with Crippen molar-refractivity contribution in [3.05, 3.63) is 22.7 Å². The van der Waals surface area contributed by atoms with Crippen LogP contribution >= 0.6 is 11.6 Å². The van der Waals surface area contributed by atoms with Crippen molar-refractivity contribution in [2.45, 2.75) is 0 Å². The van der Waals surface area contributed by atoms with Crippen molar-refractivity contribution in [3.8, 4) is 5.75 Å². The molecule has 5 N–H and O–H groups in total. The average Bonchev–Trinajstić information content (AvgIpc) is 2.37. The van der Waals surface area contributed by atoms with E-state index in [0.29, 0.717) is 23.5 Å². The predicted molar refractivity (Wildman–Crippen MR) is 84.4 cm³/mol. The third-order valence-corrected chi connectivity index (χ3v) is 2.92. The van der Waals surface area contributed by atoms with Crippen molar-refractivity contribution < 1.29 is 9.53 Å². The van der Waals surface area contributed by atoms with Crippen LogP contribution in [0.3, 0.4) is 0 Å². The number of likely N-dealkylation sites (N-methyl/N-ethyl adjacent to an activating group) is 1. The topological polar surface area (TPSA) is 106 Å². The van der Waals surface area contributed by atoms with Crippen LogP contribution in [0, 0.1) is 0 Å². The quantitative estimate of drug-likeness (QED) is 0.525. The van der Waals surface area contributed by atoms with Gasteiger partial charge in [0, 0.05) is 13.1 Å². The highest BCUT2D eigenvalue weighted by molar-refractivity contribution is 6.34. The fraction of sp³-hybridized carbons (Fsp3) is 0.385. The first-order valence-corrected chi connectivity index (χ1v) is 6.63. The Morgan fingerprint density at radius 1 is 1.43 bits per heavy atom. The summed E-state index contributed by atoms with van der Waals surface area (Å²) in [5.41, 5.74) is 11.3. The van der Waals surface area contributed by atoms with E-state index >= 15 is 0 Å². The largest absolute Gasteiger partial charge is 0.494 e. The summed E-state index contributed by atoms with van der Waals surface area (Å²) in [5, 5.41) is 3.03. The maximum absolute atomic E-state index is 12.1. The first-order chi connectivity index (χ1) is 9.85. The van der Waals surface area contributed by atoms with Crippen LogP contribution in [0.15, 0.2) is 17.1 Å². The zero-order valence-electron chi connectivity index (χ0n) is 12.3. The third kappa shape index (κ3) is 5.13. The van der Waals surface area contributed by atoms with Crippen LogP contribution in [0.1, 0.15) is 10.4 Å². The van der Waals surface area contributed by atoms with Gasteiger partial charge in [0.1, 0.15) is 11.4 Å². The minimum Gasteiger partial charge on any atom is -0.494 e. The van der Waals surface area contributed by atoms with Crippen LogP contribution in [0.25, 0.3) is 0 Å². The molecule has 0 saturated heterocycles. The molecule has 0 spiro atoms. The highest BCUT2D eigenvalue weighted by Gasteiger charge is 2.15. The monoisotopic (exact) mass is 313 g/mol. The number of methoxy groups -OCH3 is 1. The van der Waals surface area contributed by atoms with E-state index in [1.54, 1.807) is 0 Å². The molecule has 8 heteroatoms. The molecule has 0 aliphatic carbocycles. The van der Waals surface area contributed by atoms with Gasteiger partial charge in [-0.15, -0.1) is 0 Å². The van der Waals surface area contributed by atoms with Gasteiger partial charge in [-0.3, -0.25) is 4.79 Å². The first-order valence-electron chi connectivity index (χ1n) is 6.25. The summed E-state index contributed by atoms with van der Waals surface area (Å²) in [6, 6.07) is 3.00. The molecule has 21 heavy (non-hydrogen) atoms. The number of guanidine groups is 1. The van der Waals surface area contributed by atoms with Gasteiger partial charge in [0.2, 0.25) is 0 Å². The smallest absolute Gasteiger partial charge is 0.252 e. The Hall–Kier alpha value is -1.99. The van der Waals surface area contributed by atoms with Gasteiger partial charge >= 0.3 is 0 Å². The fourth-order valence-corrected chi connectivity index (χ4v) is 1.84. The van der Waals surface area contributed by atoms with Crippen LogP contribution in [0.5, 0.6) is 5.75 Å². The molecule has 0 radical (unpaired) electrons. The van der Waals surface area contributed by atoms with Gasteiger partial charge in [-0.05, 0) is 26.2 Å². The Morgan fingerprint density at radius 3 is 2.62 bits per heavy atom. The number of halogens is 1. The van der Waals surface area contributed by atoms with E-state index < -0.39 is 0 Å². The van der Waals surface area contributed by atoms with E-state index in [1.807, 2.05) is 19.0 Å². The van der Waals surface area contributed by atoms with Crippen LogP contribution in [0.4, 0.5) is 5.69 Å². The molecule has 0 saturated carbocycles. The van der Waals surface area contributed by atoms with Crippen LogP contribution in [0.2, 0.25) is 5.02 Å². The Morgan fingerprint density at radius 2 is 2.10 bits per heavy atom. The Labute approximate surface area is 128 Å². The molecule has 0 aliphatic heterocycles. The van der Waals surface area contributed by atoms with Crippen molar-refractivity contribution in [2.24, 2.45) is 16.5 Å². The maximum Gasteiger partial charge on any atom is 0.252 e. The molecule has 0 unspecified atom stereocenters. The second-order valence-electron chi connectivity index (χ2n) is 4.60. The fourth-order valence-electron chi connectivity index (χ4n) is 1.60. The molecule has 0 fully saturated rings. The van der Waals surface area contributed by atoms with Crippen LogP contribution < -0.4 is 21.5 Å². The predicted octanol–water partition coefficient (Wildman–Crippen LogP) is 0.545. The summed E-state index contributed by atoms with van der Waals surface area (Å²) in [6.07, 6.45) is 0. The number of carbonyl (C=O) groups is 1. The molecular formula is C13H20ClN5O2. The van der Waals surface area contributed by atoms with E-state index in [1.165, 1.54) is 19.2 Å². The molecule has 0 bridgehead atoms. The molecule has 1 aromatic rings. The summed E-state index contributed by atoms with van der Waals surface area (Å²) < 4.78 is 5.17. The molecule has 1 aromatic carbocycles. The standard InChI is InChI=1S/C13H20ClN5O2/c1-19(2)5-4-17-12(20)8-6-11(21-3)10(7-9(8)14)18-13(15)16/h6-7H,4-5H2,1-3H3,(H,17,20)(H4,15,16,18). The van der Waals surface area contributed by atoms with Gasteiger partial charge in [0.05, 0.1) is 17.7 Å². The van der Waals surface area contributed by atoms with Gasteiger partial charge < -0.3 is 26.4 Å². The summed E-state index contributed by atoms with van der Waals surface area (Å²) >= 11 is 6.10. The molecule has 1 amide bonds. The van der Waals surface area contributed by atoms with Crippen molar-refractivity contribution >= 4 is 29.2 Å². The van der Waals surface area contributed by atoms with Crippen molar-refractivity contribution in [3.63, 3.8) is 0 Å². The summed E-state index contributed by atoms with van der Waals surface area (Å²) in [4.78, 5) is 18.0. The Bertz CT molecular complexity index is 542. The zero-order chi connectivity index (χ0) is 16.0. The number of rotatable bonds is 6. The SMILES string of the molecule is COc1cc(C(=O)NCCN(C)C)c(Cl)cc1N=C(N)N. The van der Waals surface area contributed by atoms with E-state index in [-0.39, 0.29) is 16.9 Å². The molecular weight excluding hydrogens is 294 g/mol.